The van der Waals surface area contributed by atoms with Crippen LogP contribution in [0.1, 0.15) is 16.7 Å². The molecule has 0 atom stereocenters. The second kappa shape index (κ2) is 6.01. The van der Waals surface area contributed by atoms with Crippen molar-refractivity contribution >= 4 is 38.1 Å². The van der Waals surface area contributed by atoms with Crippen molar-refractivity contribution < 1.29 is 0 Å². The summed E-state index contributed by atoms with van der Waals surface area (Å²) < 4.78 is 0.866. The van der Waals surface area contributed by atoms with Crippen LogP contribution in [0.4, 0.5) is 0 Å². The third kappa shape index (κ3) is 3.04. The van der Waals surface area contributed by atoms with E-state index < -0.39 is 0 Å². The maximum absolute atomic E-state index is 9.34. The third-order valence-corrected chi connectivity index (χ3v) is 3.74. The zero-order valence-electron chi connectivity index (χ0n) is 10.2. The Hall–Kier alpha value is -1.63. The quantitative estimate of drug-likeness (QED) is 0.741. The summed E-state index contributed by atoms with van der Waals surface area (Å²) in [5.74, 6) is 0. The van der Waals surface area contributed by atoms with Gasteiger partial charge < -0.3 is 0 Å². The molecule has 94 valence electrons. The number of benzene rings is 1. The first-order valence-corrected chi connectivity index (χ1v) is 6.77. The van der Waals surface area contributed by atoms with Crippen LogP contribution in [0.2, 0.25) is 0 Å². The van der Waals surface area contributed by atoms with Crippen LogP contribution in [-0.2, 0) is 0 Å². The number of hydrogen-bond donors (Lipinski definition) is 0. The second-order valence-electron chi connectivity index (χ2n) is 4.02. The van der Waals surface area contributed by atoms with E-state index in [0.717, 1.165) is 21.2 Å². The maximum atomic E-state index is 9.34. The molecule has 0 amide bonds. The minimum Gasteiger partial charge on any atom is -0.265 e. The van der Waals surface area contributed by atoms with Crippen molar-refractivity contribution in [3.63, 3.8) is 0 Å². The summed E-state index contributed by atoms with van der Waals surface area (Å²) in [6.45, 7) is 1.98. The van der Waals surface area contributed by atoms with Crippen molar-refractivity contribution in [3.05, 3.63) is 63.9 Å². The summed E-state index contributed by atoms with van der Waals surface area (Å²) >= 11 is 9.85. The van der Waals surface area contributed by atoms with E-state index in [1.54, 1.807) is 24.5 Å². The molecule has 0 N–H and O–H groups in total. The van der Waals surface area contributed by atoms with Gasteiger partial charge in [0, 0.05) is 22.4 Å². The van der Waals surface area contributed by atoms with Gasteiger partial charge in [0.1, 0.15) is 6.07 Å². The van der Waals surface area contributed by atoms with Crippen LogP contribution in [0, 0.1) is 18.3 Å². The van der Waals surface area contributed by atoms with Gasteiger partial charge in [-0.2, -0.15) is 5.26 Å². The van der Waals surface area contributed by atoms with Crippen molar-refractivity contribution in [1.29, 1.82) is 5.26 Å². The first-order valence-electron chi connectivity index (χ1n) is 5.60. The molecule has 4 heteroatoms. The predicted octanol–water partition coefficient (Wildman–Crippen LogP) is 4.78. The highest BCUT2D eigenvalue weighted by Crippen LogP contribution is 2.34. The molecule has 19 heavy (non-hydrogen) atoms. The Kier molecular flexibility index (Phi) is 4.36. The molecule has 1 aromatic carbocycles. The Balaban J connectivity index is 2.62. The van der Waals surface area contributed by atoms with Crippen LogP contribution in [-0.4, -0.2) is 4.98 Å². The Labute approximate surface area is 125 Å². The predicted molar refractivity (Wildman–Crippen MR) is 81.4 cm³/mol. The van der Waals surface area contributed by atoms with E-state index in [4.69, 9.17) is 11.6 Å². The van der Waals surface area contributed by atoms with Crippen LogP contribution in [0.3, 0.4) is 0 Å². The first-order chi connectivity index (χ1) is 9.13. The van der Waals surface area contributed by atoms with Gasteiger partial charge in [0.2, 0.25) is 0 Å². The van der Waals surface area contributed by atoms with E-state index in [-0.39, 0.29) is 0 Å². The number of nitriles is 1. The highest BCUT2D eigenvalue weighted by atomic mass is 79.9. The standard InChI is InChI=1S/C15H10BrClN2/c1-10-2-3-14(16)12(8-10)15(17)13(9-18)11-4-6-19-7-5-11/h2-8H,1H3/b15-13+. The molecule has 0 aliphatic carbocycles. The fourth-order valence-electron chi connectivity index (χ4n) is 1.70. The van der Waals surface area contributed by atoms with E-state index in [1.807, 2.05) is 25.1 Å². The Bertz CT molecular complexity index is 672. The highest BCUT2D eigenvalue weighted by molar-refractivity contribution is 9.10. The number of pyridine rings is 1. The molecule has 1 aromatic heterocycles. The molecule has 0 aliphatic heterocycles. The van der Waals surface area contributed by atoms with Gasteiger partial charge in [-0.3, -0.25) is 4.98 Å². The largest absolute Gasteiger partial charge is 0.265 e. The molecule has 1 heterocycles. The van der Waals surface area contributed by atoms with Crippen LogP contribution in [0.15, 0.2) is 47.2 Å². The van der Waals surface area contributed by atoms with E-state index >= 15 is 0 Å². The summed E-state index contributed by atoms with van der Waals surface area (Å²) in [4.78, 5) is 3.94. The van der Waals surface area contributed by atoms with Crippen LogP contribution >= 0.6 is 27.5 Å². The van der Waals surface area contributed by atoms with Gasteiger partial charge in [0.25, 0.3) is 0 Å². The van der Waals surface area contributed by atoms with Gasteiger partial charge in [0.15, 0.2) is 0 Å². The van der Waals surface area contributed by atoms with Gasteiger partial charge >= 0.3 is 0 Å². The third-order valence-electron chi connectivity index (χ3n) is 2.66. The highest BCUT2D eigenvalue weighted by Gasteiger charge is 2.12. The number of hydrogen-bond acceptors (Lipinski definition) is 2. The normalized spacial score (nSPS) is 11.7. The molecular weight excluding hydrogens is 324 g/mol. The Morgan fingerprint density at radius 2 is 1.95 bits per heavy atom. The number of aromatic nitrogens is 1. The average Bonchev–Trinajstić information content (AvgIpc) is 2.43. The summed E-state index contributed by atoms with van der Waals surface area (Å²) in [7, 11) is 0. The number of allylic oxidation sites excluding steroid dienone is 1. The van der Waals surface area contributed by atoms with Crippen molar-refractivity contribution in [2.24, 2.45) is 0 Å². The molecule has 2 aromatic rings. The van der Waals surface area contributed by atoms with E-state index in [9.17, 15) is 5.26 Å². The molecule has 0 saturated heterocycles. The fraction of sp³-hybridized carbons (Fsp3) is 0.0667. The monoisotopic (exact) mass is 332 g/mol. The Morgan fingerprint density at radius 3 is 2.58 bits per heavy atom. The molecule has 0 radical (unpaired) electrons. The number of rotatable bonds is 2. The van der Waals surface area contributed by atoms with Crippen LogP contribution in [0.25, 0.3) is 10.6 Å². The topological polar surface area (TPSA) is 36.7 Å². The van der Waals surface area contributed by atoms with Crippen molar-refractivity contribution in [1.82, 2.24) is 4.98 Å². The lowest BCUT2D eigenvalue weighted by Gasteiger charge is -2.07. The lowest BCUT2D eigenvalue weighted by molar-refractivity contribution is 1.32. The summed E-state index contributed by atoms with van der Waals surface area (Å²) in [6, 6.07) is 11.6. The lowest BCUT2D eigenvalue weighted by atomic mass is 10.0. The van der Waals surface area contributed by atoms with Crippen molar-refractivity contribution in [3.8, 4) is 6.07 Å². The second-order valence-corrected chi connectivity index (χ2v) is 5.25. The Morgan fingerprint density at radius 1 is 1.26 bits per heavy atom. The first kappa shape index (κ1) is 13.8. The summed E-state index contributed by atoms with van der Waals surface area (Å²) in [5.41, 5.74) is 3.10. The van der Waals surface area contributed by atoms with Crippen molar-refractivity contribution in [2.45, 2.75) is 6.92 Å². The molecule has 0 unspecified atom stereocenters. The molecule has 0 fully saturated rings. The van der Waals surface area contributed by atoms with Crippen molar-refractivity contribution in [2.75, 3.05) is 0 Å². The van der Waals surface area contributed by atoms with Gasteiger partial charge in [-0.15, -0.1) is 0 Å². The SMILES string of the molecule is Cc1ccc(Br)c(/C(Cl)=C(/C#N)c2ccncc2)c1. The molecule has 2 rings (SSSR count). The lowest BCUT2D eigenvalue weighted by Crippen LogP contribution is -1.89. The minimum atomic E-state index is 0.435. The average molecular weight is 334 g/mol. The number of aryl methyl sites for hydroxylation is 1. The van der Waals surface area contributed by atoms with Gasteiger partial charge in [0.05, 0.1) is 10.6 Å². The van der Waals surface area contributed by atoms with E-state index in [0.29, 0.717) is 10.6 Å². The zero-order chi connectivity index (χ0) is 13.8. The molecule has 0 bridgehead atoms. The molecule has 0 spiro atoms. The van der Waals surface area contributed by atoms with Gasteiger partial charge in [-0.05, 0) is 36.8 Å². The van der Waals surface area contributed by atoms with Crippen LogP contribution in [0.5, 0.6) is 0 Å². The van der Waals surface area contributed by atoms with Gasteiger partial charge in [-0.25, -0.2) is 0 Å². The smallest absolute Gasteiger partial charge is 0.101 e. The number of halogens is 2. The number of nitrogens with zero attached hydrogens (tertiary/aromatic N) is 2. The van der Waals surface area contributed by atoms with Gasteiger partial charge in [-0.1, -0.05) is 39.2 Å². The molecular formula is C15H10BrClN2. The maximum Gasteiger partial charge on any atom is 0.101 e. The van der Waals surface area contributed by atoms with E-state index in [2.05, 4.69) is 27.0 Å². The summed E-state index contributed by atoms with van der Waals surface area (Å²) in [6.07, 6.45) is 3.28. The molecule has 2 nitrogen and oxygen atoms in total. The van der Waals surface area contributed by atoms with Crippen LogP contribution < -0.4 is 0 Å². The fourth-order valence-corrected chi connectivity index (χ4v) is 2.57. The molecule has 0 saturated carbocycles. The minimum absolute atomic E-state index is 0.435. The van der Waals surface area contributed by atoms with E-state index in [1.165, 1.54) is 0 Å². The zero-order valence-corrected chi connectivity index (χ0v) is 12.5. The molecule has 0 aliphatic rings. The summed E-state index contributed by atoms with van der Waals surface area (Å²) in [5, 5.41) is 9.78.